The van der Waals surface area contributed by atoms with E-state index in [1.165, 1.54) is 5.57 Å². The van der Waals surface area contributed by atoms with Gasteiger partial charge in [0.15, 0.2) is 5.66 Å². The van der Waals surface area contributed by atoms with Crippen LogP contribution in [0.5, 0.6) is 0 Å². The van der Waals surface area contributed by atoms with Gasteiger partial charge in [-0.05, 0) is 92.8 Å². The zero-order chi connectivity index (χ0) is 32.1. The number of ketones is 2. The minimum Gasteiger partial charge on any atom is -0.331 e. The van der Waals surface area contributed by atoms with Crippen LogP contribution in [0.25, 0.3) is 0 Å². The van der Waals surface area contributed by atoms with Crippen LogP contribution in [0.1, 0.15) is 126 Å². The fraction of sp³-hybridized carbons (Fsp3) is 0.816. The maximum Gasteiger partial charge on any atom is 0.237 e. The molecule has 4 saturated carbocycles. The number of fused-ring (bicyclic) bond motifs is 7. The van der Waals surface area contributed by atoms with Gasteiger partial charge in [-0.3, -0.25) is 14.4 Å². The second-order valence-corrected chi connectivity index (χ2v) is 17.9. The summed E-state index contributed by atoms with van der Waals surface area (Å²) < 4.78 is 0. The smallest absolute Gasteiger partial charge is 0.237 e. The molecule has 0 radical (unpaired) electrons. The highest BCUT2D eigenvalue weighted by Crippen LogP contribution is 2.75. The van der Waals surface area contributed by atoms with Crippen LogP contribution in [-0.4, -0.2) is 41.1 Å². The molecule has 1 amide bonds. The number of hydrogen-bond acceptors (Lipinski definition) is 5. The lowest BCUT2D eigenvalue weighted by molar-refractivity contribution is -0.188. The van der Waals surface area contributed by atoms with Crippen molar-refractivity contribution in [2.75, 3.05) is 13.1 Å². The van der Waals surface area contributed by atoms with E-state index in [1.807, 2.05) is 6.92 Å². The number of hydrogen-bond donors (Lipinski definition) is 0. The maximum atomic E-state index is 14.9. The summed E-state index contributed by atoms with van der Waals surface area (Å²) in [5, 5.41) is 8.28. The number of allylic oxidation sites excluding steroid dienone is 2. The van der Waals surface area contributed by atoms with Gasteiger partial charge >= 0.3 is 0 Å². The van der Waals surface area contributed by atoms with Gasteiger partial charge in [0.2, 0.25) is 5.91 Å². The van der Waals surface area contributed by atoms with Gasteiger partial charge in [-0.25, -0.2) is 0 Å². The molecule has 0 aromatic rings. The molecule has 6 nitrogen and oxygen atoms in total. The second kappa shape index (κ2) is 9.85. The third kappa shape index (κ3) is 4.29. The summed E-state index contributed by atoms with van der Waals surface area (Å²) >= 11 is 0. The molecule has 0 spiro atoms. The van der Waals surface area contributed by atoms with E-state index in [9.17, 15) is 14.4 Å². The van der Waals surface area contributed by atoms with E-state index in [-0.39, 0.29) is 56.9 Å². The molecule has 0 aromatic heterocycles. The van der Waals surface area contributed by atoms with E-state index < -0.39 is 5.41 Å². The molecule has 0 aromatic carbocycles. The van der Waals surface area contributed by atoms with Gasteiger partial charge in [0, 0.05) is 36.1 Å². The third-order valence-electron chi connectivity index (χ3n) is 14.7. The molecular formula is C38H55N3O3. The summed E-state index contributed by atoms with van der Waals surface area (Å²) in [6, 6.07) is 0. The van der Waals surface area contributed by atoms with Gasteiger partial charge in [-0.15, -0.1) is 6.42 Å². The predicted molar refractivity (Wildman–Crippen MR) is 172 cm³/mol. The summed E-state index contributed by atoms with van der Waals surface area (Å²) in [5.41, 5.74) is -0.591. The molecule has 5 aliphatic carbocycles. The quantitative estimate of drug-likeness (QED) is 0.176. The minimum atomic E-state index is -1.04. The Bertz CT molecular complexity index is 1380. The fourth-order valence-corrected chi connectivity index (χ4v) is 11.7. The van der Waals surface area contributed by atoms with Crippen molar-refractivity contribution < 1.29 is 14.4 Å². The molecule has 240 valence electrons. The largest absolute Gasteiger partial charge is 0.331 e. The average Bonchev–Trinajstić information content (AvgIpc) is 3.67. The van der Waals surface area contributed by atoms with E-state index >= 15 is 0 Å². The number of terminal acetylenes is 1. The number of rotatable bonds is 6. The Morgan fingerprint density at radius 1 is 0.977 bits per heavy atom. The summed E-state index contributed by atoms with van der Waals surface area (Å²) in [5.74, 6) is 3.88. The summed E-state index contributed by atoms with van der Waals surface area (Å²) in [6.07, 6.45) is 17.2. The lowest BCUT2D eigenvalue weighted by Gasteiger charge is -2.70. The molecular weight excluding hydrogens is 546 g/mol. The van der Waals surface area contributed by atoms with Crippen LogP contribution in [-0.2, 0) is 14.4 Å². The summed E-state index contributed by atoms with van der Waals surface area (Å²) in [4.78, 5) is 44.7. The normalized spacial score (nSPS) is 42.5. The van der Waals surface area contributed by atoms with E-state index in [2.05, 4.69) is 70.7 Å². The summed E-state index contributed by atoms with van der Waals surface area (Å²) in [6.45, 7) is 19.0. The van der Waals surface area contributed by atoms with Crippen molar-refractivity contribution in [1.29, 1.82) is 0 Å². The Hall–Kier alpha value is -2.29. The van der Waals surface area contributed by atoms with E-state index in [0.717, 1.165) is 51.4 Å². The topological polar surface area (TPSA) is 79.2 Å². The average molecular weight is 602 g/mol. The first kappa shape index (κ1) is 31.7. The molecule has 0 bridgehead atoms. The molecule has 6 aliphatic rings. The van der Waals surface area contributed by atoms with Gasteiger partial charge in [-0.2, -0.15) is 10.2 Å². The fourth-order valence-electron chi connectivity index (χ4n) is 11.7. The third-order valence-corrected chi connectivity index (χ3v) is 14.7. The number of Topliss-reactive ketones (excluding diaryl/α,β-unsaturated/α-hetero) is 2. The molecule has 1 aliphatic heterocycles. The number of carbonyl (C=O) groups excluding carboxylic acids is 3. The van der Waals surface area contributed by atoms with Crippen LogP contribution in [0, 0.1) is 62.6 Å². The first-order valence-electron chi connectivity index (χ1n) is 17.3. The lowest BCUT2D eigenvalue weighted by Crippen LogP contribution is -2.67. The van der Waals surface area contributed by atoms with Crippen LogP contribution in [0.3, 0.4) is 0 Å². The van der Waals surface area contributed by atoms with Crippen molar-refractivity contribution in [3.63, 3.8) is 0 Å². The number of amides is 1. The molecule has 4 fully saturated rings. The van der Waals surface area contributed by atoms with Gasteiger partial charge in [-0.1, -0.05) is 66.0 Å². The Balaban J connectivity index is 1.39. The molecule has 0 N–H and O–H groups in total. The highest BCUT2D eigenvalue weighted by molar-refractivity contribution is 6.08. The van der Waals surface area contributed by atoms with Crippen molar-refractivity contribution in [3.8, 4) is 12.3 Å². The van der Waals surface area contributed by atoms with Gasteiger partial charge in [0.25, 0.3) is 0 Å². The SMILES string of the molecule is C#CCN(CCCC1(C)N=N1)C(=O)[C@]12CCC(C)(C)C[C@H]1C1=CC[C@@H]3[C@@]4(C)CCC(=O)C(C)(C)[C@@H]4CC[C@@]3(C)[C@]1(C)CC2=O. The zero-order valence-corrected chi connectivity index (χ0v) is 28.6. The highest BCUT2D eigenvalue weighted by Gasteiger charge is 2.71. The molecule has 1 heterocycles. The van der Waals surface area contributed by atoms with Gasteiger partial charge < -0.3 is 4.90 Å². The Morgan fingerprint density at radius 3 is 2.34 bits per heavy atom. The Kier molecular flexibility index (Phi) is 7.10. The zero-order valence-electron chi connectivity index (χ0n) is 28.6. The Labute approximate surface area is 265 Å². The van der Waals surface area contributed by atoms with Crippen molar-refractivity contribution in [2.24, 2.45) is 60.5 Å². The van der Waals surface area contributed by atoms with Crippen molar-refractivity contribution >= 4 is 17.5 Å². The van der Waals surface area contributed by atoms with Crippen molar-refractivity contribution in [3.05, 3.63) is 11.6 Å². The molecule has 6 heteroatoms. The number of carbonyl (C=O) groups is 3. The highest BCUT2D eigenvalue weighted by atomic mass is 16.2. The first-order chi connectivity index (χ1) is 20.4. The molecule has 0 unspecified atom stereocenters. The van der Waals surface area contributed by atoms with Gasteiger partial charge in [0.1, 0.15) is 17.0 Å². The monoisotopic (exact) mass is 601 g/mol. The van der Waals surface area contributed by atoms with Crippen molar-refractivity contribution in [2.45, 2.75) is 132 Å². The van der Waals surface area contributed by atoms with Crippen LogP contribution < -0.4 is 0 Å². The first-order valence-corrected chi connectivity index (χ1v) is 17.3. The van der Waals surface area contributed by atoms with Crippen LogP contribution in [0.4, 0.5) is 0 Å². The standard InChI is InChI=1S/C38H55N3O3/c1-10-21-41(22-11-16-37(9)39-40-37)31(44)38-20-19-32(2,3)23-26(38)25-12-13-28-34(6)17-15-29(42)33(4,5)27(34)14-18-35(28,7)36(25,8)24-30(38)43/h1,12,26-28H,11,13-24H2,2-9H3/t26-,27-,28+,34-,35+,36+,38+/m0/s1. The van der Waals surface area contributed by atoms with E-state index in [1.54, 1.807) is 4.90 Å². The summed E-state index contributed by atoms with van der Waals surface area (Å²) in [7, 11) is 0. The number of nitrogens with zero attached hydrogens (tertiary/aromatic N) is 3. The Morgan fingerprint density at radius 2 is 1.68 bits per heavy atom. The molecule has 0 saturated heterocycles. The minimum absolute atomic E-state index is 0.0451. The van der Waals surface area contributed by atoms with Crippen molar-refractivity contribution in [1.82, 2.24) is 4.90 Å². The maximum absolute atomic E-state index is 14.9. The van der Waals surface area contributed by atoms with Crippen LogP contribution in [0.15, 0.2) is 21.9 Å². The van der Waals surface area contributed by atoms with E-state index in [4.69, 9.17) is 6.42 Å². The lowest BCUT2D eigenvalue weighted by atomic mass is 9.33. The molecule has 6 rings (SSSR count). The van der Waals surface area contributed by atoms with Gasteiger partial charge in [0.05, 0.1) is 6.54 Å². The molecule has 7 atom stereocenters. The van der Waals surface area contributed by atoms with Crippen LogP contribution in [0.2, 0.25) is 0 Å². The second-order valence-electron chi connectivity index (χ2n) is 17.9. The predicted octanol–water partition coefficient (Wildman–Crippen LogP) is 7.96. The van der Waals surface area contributed by atoms with E-state index in [0.29, 0.717) is 43.4 Å². The van der Waals surface area contributed by atoms with Crippen LogP contribution >= 0.6 is 0 Å². The molecule has 44 heavy (non-hydrogen) atoms.